The van der Waals surface area contributed by atoms with Crippen LogP contribution in [0, 0.1) is 0 Å². The van der Waals surface area contributed by atoms with Crippen LogP contribution in [0.25, 0.3) is 0 Å². The summed E-state index contributed by atoms with van der Waals surface area (Å²) in [6, 6.07) is 0. The van der Waals surface area contributed by atoms with Gasteiger partial charge in [0.25, 0.3) is 0 Å². The Hall–Kier alpha value is 0.870. The van der Waals surface area contributed by atoms with Crippen molar-refractivity contribution in [2.24, 2.45) is 0 Å². The van der Waals surface area contributed by atoms with E-state index in [-0.39, 0.29) is 0 Å². The molecule has 0 radical (unpaired) electrons. The molecule has 1 nitrogen and oxygen atoms in total. The Morgan fingerprint density at radius 1 is 1.00 bits per heavy atom. The molecule has 0 heterocycles. The minimum atomic E-state index is -1.73. The summed E-state index contributed by atoms with van der Waals surface area (Å²) in [6.07, 6.45) is 1.26. The monoisotopic (exact) mass is 284 g/mol. The summed E-state index contributed by atoms with van der Waals surface area (Å²) < 4.78 is 1.05. The molecule has 0 aromatic rings. The normalized spacial score (nSPS) is 17.2. The van der Waals surface area contributed by atoms with Crippen molar-refractivity contribution in [3.05, 3.63) is 0 Å². The fourth-order valence-electron chi connectivity index (χ4n) is 2.00. The Balaban J connectivity index is 5.12. The molecule has 0 aliphatic rings. The van der Waals surface area contributed by atoms with Crippen molar-refractivity contribution in [3.63, 3.8) is 0 Å². The molecule has 0 aromatic heterocycles. The quantitative estimate of drug-likeness (QED) is 0.542. The zero-order valence-corrected chi connectivity index (χ0v) is 13.6. The average molecular weight is 285 g/mol. The van der Waals surface area contributed by atoms with Gasteiger partial charge in [0.05, 0.1) is 0 Å². The molecule has 0 amide bonds. The van der Waals surface area contributed by atoms with Gasteiger partial charge in [0.15, 0.2) is 0 Å². The van der Waals surface area contributed by atoms with Gasteiger partial charge in [0.1, 0.15) is 0 Å². The van der Waals surface area contributed by atoms with Gasteiger partial charge < -0.3 is 0 Å². The Kier molecular flexibility index (Phi) is 4.28. The van der Waals surface area contributed by atoms with Crippen molar-refractivity contribution in [1.29, 1.82) is 0 Å². The van der Waals surface area contributed by atoms with Crippen LogP contribution in [0.15, 0.2) is 0 Å². The second-order valence-corrected chi connectivity index (χ2v) is 18.5. The molecule has 14 heavy (non-hydrogen) atoms. The summed E-state index contributed by atoms with van der Waals surface area (Å²) in [5.74, 6) is 0. The molecule has 0 rings (SSSR count). The second-order valence-electron chi connectivity index (χ2n) is 6.45. The Labute approximate surface area is 98.5 Å². The van der Waals surface area contributed by atoms with E-state index in [1.54, 1.807) is 0 Å². The van der Waals surface area contributed by atoms with Gasteiger partial charge in [-0.15, -0.1) is 0 Å². The molecule has 0 spiro atoms. The van der Waals surface area contributed by atoms with Gasteiger partial charge in [0.2, 0.25) is 0 Å². The van der Waals surface area contributed by atoms with Crippen LogP contribution in [0.5, 0.6) is 0 Å². The minimum absolute atomic E-state index is 0.748. The first-order valence-corrected chi connectivity index (χ1v) is 10.4. The molecule has 0 bridgehead atoms. The number of halogens is 1. The molecular weight excluding hydrogens is 257 g/mol. The first-order valence-electron chi connectivity index (χ1n) is 5.42. The fraction of sp³-hybridized carbons (Fsp3) is 1.00. The van der Waals surface area contributed by atoms with E-state index in [0.29, 0.717) is 0 Å². The van der Waals surface area contributed by atoms with Crippen molar-refractivity contribution in [2.75, 3.05) is 34.1 Å². The Morgan fingerprint density at radius 2 is 1.29 bits per heavy atom. The van der Waals surface area contributed by atoms with E-state index in [0.717, 1.165) is 15.8 Å². The maximum absolute atomic E-state index is 4.17. The van der Waals surface area contributed by atoms with E-state index in [1.807, 2.05) is 0 Å². The summed E-state index contributed by atoms with van der Waals surface area (Å²) >= 11 is 4.17. The van der Waals surface area contributed by atoms with Crippen molar-refractivity contribution < 1.29 is 4.48 Å². The van der Waals surface area contributed by atoms with Gasteiger partial charge in [-0.05, 0) is 0 Å². The van der Waals surface area contributed by atoms with E-state index in [2.05, 4.69) is 71.0 Å². The van der Waals surface area contributed by atoms with Gasteiger partial charge in [0, 0.05) is 0 Å². The molecule has 0 aliphatic carbocycles. The summed E-state index contributed by atoms with van der Waals surface area (Å²) in [5.41, 5.74) is 1.50. The van der Waals surface area contributed by atoms with Gasteiger partial charge in [-0.1, -0.05) is 0 Å². The zero-order chi connectivity index (χ0) is 11.8. The first-order chi connectivity index (χ1) is 5.89. The molecule has 0 saturated heterocycles. The van der Waals surface area contributed by atoms with Crippen LogP contribution in [0.3, 0.4) is 0 Å². The van der Waals surface area contributed by atoms with E-state index < -0.39 is 5.31 Å². The van der Waals surface area contributed by atoms with E-state index in [1.165, 1.54) is 6.29 Å². The van der Waals surface area contributed by atoms with E-state index in [9.17, 15) is 0 Å². The zero-order valence-electron chi connectivity index (χ0n) is 11.1. The van der Waals surface area contributed by atoms with Crippen LogP contribution >= 0.6 is 20.8 Å². The predicted molar refractivity (Wildman–Crippen MR) is 74.9 cm³/mol. The average Bonchev–Trinajstić information content (AvgIpc) is 1.81. The van der Waals surface area contributed by atoms with Gasteiger partial charge >= 0.3 is 98.4 Å². The van der Waals surface area contributed by atoms with E-state index in [4.69, 9.17) is 0 Å². The summed E-state index contributed by atoms with van der Waals surface area (Å²) in [4.78, 5) is 0. The molecule has 0 unspecified atom stereocenters. The van der Waals surface area contributed by atoms with E-state index >= 15 is 0 Å². The van der Waals surface area contributed by atoms with Crippen LogP contribution in [-0.4, -0.2) is 49.9 Å². The SMILES string of the molecule is CC(C)P(C)(Br)(C[N+](C)(C)C)C(C)C. The van der Waals surface area contributed by atoms with Gasteiger partial charge in [-0.3, -0.25) is 0 Å². The van der Waals surface area contributed by atoms with Crippen molar-refractivity contribution in [1.82, 2.24) is 0 Å². The summed E-state index contributed by atoms with van der Waals surface area (Å²) in [7, 11) is 6.87. The van der Waals surface area contributed by atoms with Crippen LogP contribution in [-0.2, 0) is 0 Å². The van der Waals surface area contributed by atoms with Crippen LogP contribution in [0.1, 0.15) is 27.7 Å². The third kappa shape index (κ3) is 3.18. The Morgan fingerprint density at radius 3 is 1.36 bits per heavy atom. The van der Waals surface area contributed by atoms with Crippen molar-refractivity contribution in [2.45, 2.75) is 39.0 Å². The fourth-order valence-corrected chi connectivity index (χ4v) is 8.01. The molecular formula is C11H28BrNP+. The molecule has 0 atom stereocenters. The topological polar surface area (TPSA) is 0 Å². The first kappa shape index (κ1) is 14.9. The molecule has 0 fully saturated rings. The maximum atomic E-state index is 4.17. The Bertz CT molecular complexity index is 192. The second kappa shape index (κ2) is 4.03. The molecule has 0 saturated carbocycles. The summed E-state index contributed by atoms with van der Waals surface area (Å²) in [6.45, 7) is 11.9. The van der Waals surface area contributed by atoms with Crippen molar-refractivity contribution in [3.8, 4) is 0 Å². The van der Waals surface area contributed by atoms with Gasteiger partial charge in [-0.2, -0.15) is 0 Å². The molecule has 3 heteroatoms. The molecule has 0 N–H and O–H groups in total. The van der Waals surface area contributed by atoms with Crippen molar-refractivity contribution >= 4 is 20.8 Å². The van der Waals surface area contributed by atoms with Crippen LogP contribution < -0.4 is 0 Å². The third-order valence-corrected chi connectivity index (χ3v) is 16.2. The number of hydrogen-bond acceptors (Lipinski definition) is 0. The number of hydrogen-bond donors (Lipinski definition) is 0. The molecule has 88 valence electrons. The van der Waals surface area contributed by atoms with Crippen LogP contribution in [0.2, 0.25) is 0 Å². The third-order valence-electron chi connectivity index (χ3n) is 3.53. The number of rotatable bonds is 4. The molecule has 0 aromatic carbocycles. The summed E-state index contributed by atoms with van der Waals surface area (Å²) in [5, 5.41) is -1.73. The number of quaternary nitrogens is 1. The van der Waals surface area contributed by atoms with Gasteiger partial charge in [-0.25, -0.2) is 0 Å². The number of nitrogens with zero attached hydrogens (tertiary/aromatic N) is 1. The standard InChI is InChI=1S/C11H28BrNP/c1-10(2)14(8,12,11(3)4)9-13(5,6)7/h10-11H,9H2,1-8H3/q+1. The predicted octanol–water partition coefficient (Wildman–Crippen LogP) is 3.96. The van der Waals surface area contributed by atoms with Crippen LogP contribution in [0.4, 0.5) is 0 Å². The molecule has 0 aliphatic heterocycles.